The zero-order chi connectivity index (χ0) is 24.6. The Kier molecular flexibility index (Phi) is 6.05. The molecule has 178 valence electrons. The predicted molar refractivity (Wildman–Crippen MR) is 124 cm³/mol. The Bertz CT molecular complexity index is 1510. The van der Waals surface area contributed by atoms with E-state index in [2.05, 4.69) is 0 Å². The minimum Gasteiger partial charge on any atom is -0.496 e. The molecule has 0 spiro atoms. The summed E-state index contributed by atoms with van der Waals surface area (Å²) in [5.41, 5.74) is 0.538. The molecule has 4 rings (SSSR count). The van der Waals surface area contributed by atoms with Crippen molar-refractivity contribution in [3.8, 4) is 5.75 Å². The van der Waals surface area contributed by atoms with Crippen LogP contribution in [0.1, 0.15) is 21.6 Å². The number of fused-ring (bicyclic) bond motifs is 1. The van der Waals surface area contributed by atoms with Gasteiger partial charge < -0.3 is 9.47 Å². The van der Waals surface area contributed by atoms with Gasteiger partial charge in [-0.3, -0.25) is 18.2 Å². The van der Waals surface area contributed by atoms with E-state index in [9.17, 15) is 22.8 Å². The van der Waals surface area contributed by atoms with Gasteiger partial charge in [0.1, 0.15) is 17.9 Å². The first-order valence-corrected chi connectivity index (χ1v) is 11.8. The molecule has 0 aliphatic carbocycles. The standard InChI is InChI=1S/C23H23N3O7S/c1-24-16(12-21(27)25(2)23(24)29)14-33-22(28)18-13-17(8-9-20(18)32-3)34(30,31)26-11-10-15-6-4-5-7-19(15)26/h4-9,12-13H,10-11,14H2,1-3H3. The van der Waals surface area contributed by atoms with E-state index in [0.29, 0.717) is 18.7 Å². The lowest BCUT2D eigenvalue weighted by Gasteiger charge is -2.20. The SMILES string of the molecule is COc1ccc(S(=O)(=O)N2CCc3ccccc32)cc1C(=O)OCc1cc(=O)n(C)c(=O)n1C. The summed E-state index contributed by atoms with van der Waals surface area (Å²) >= 11 is 0. The fourth-order valence-electron chi connectivity index (χ4n) is 3.83. The van der Waals surface area contributed by atoms with Crippen molar-refractivity contribution < 1.29 is 22.7 Å². The van der Waals surface area contributed by atoms with E-state index in [1.165, 1.54) is 54.3 Å². The van der Waals surface area contributed by atoms with Gasteiger partial charge in [0.15, 0.2) is 0 Å². The molecule has 3 aromatic rings. The highest BCUT2D eigenvalue weighted by atomic mass is 32.2. The Morgan fingerprint density at radius 2 is 1.76 bits per heavy atom. The highest BCUT2D eigenvalue weighted by Crippen LogP contribution is 2.34. The number of rotatable bonds is 6. The van der Waals surface area contributed by atoms with Crippen molar-refractivity contribution in [3.05, 3.63) is 86.2 Å². The Labute approximate surface area is 195 Å². The number of aromatic nitrogens is 2. The average Bonchev–Trinajstić information content (AvgIpc) is 3.28. The van der Waals surface area contributed by atoms with Gasteiger partial charge in [-0.2, -0.15) is 0 Å². The Morgan fingerprint density at radius 3 is 2.50 bits per heavy atom. The number of esters is 1. The monoisotopic (exact) mass is 485 g/mol. The zero-order valence-electron chi connectivity index (χ0n) is 18.8. The number of carbonyl (C=O) groups excluding carboxylic acids is 1. The number of hydrogen-bond donors (Lipinski definition) is 0. The van der Waals surface area contributed by atoms with Gasteiger partial charge in [0.25, 0.3) is 15.6 Å². The molecular weight excluding hydrogens is 462 g/mol. The molecule has 2 heterocycles. The molecule has 0 bridgehead atoms. The van der Waals surface area contributed by atoms with E-state index in [1.807, 2.05) is 12.1 Å². The minimum atomic E-state index is -3.94. The van der Waals surface area contributed by atoms with Crippen LogP contribution >= 0.6 is 0 Å². The van der Waals surface area contributed by atoms with Crippen LogP contribution in [0.5, 0.6) is 5.75 Å². The Balaban J connectivity index is 1.64. The van der Waals surface area contributed by atoms with Gasteiger partial charge in [0.2, 0.25) is 0 Å². The third-order valence-electron chi connectivity index (χ3n) is 5.80. The highest BCUT2D eigenvalue weighted by Gasteiger charge is 2.31. The molecule has 0 fully saturated rings. The van der Waals surface area contributed by atoms with E-state index in [1.54, 1.807) is 12.1 Å². The lowest BCUT2D eigenvalue weighted by molar-refractivity contribution is 0.0458. The van der Waals surface area contributed by atoms with Gasteiger partial charge >= 0.3 is 11.7 Å². The van der Waals surface area contributed by atoms with E-state index in [-0.39, 0.29) is 28.5 Å². The van der Waals surface area contributed by atoms with Crippen LogP contribution in [0.4, 0.5) is 5.69 Å². The maximum Gasteiger partial charge on any atom is 0.342 e. The molecule has 34 heavy (non-hydrogen) atoms. The predicted octanol–water partition coefficient (Wildman–Crippen LogP) is 1.20. The van der Waals surface area contributed by atoms with Crippen LogP contribution in [-0.4, -0.2) is 37.2 Å². The Hall–Kier alpha value is -3.86. The minimum absolute atomic E-state index is 0.0852. The normalized spacial score (nSPS) is 13.0. The number of methoxy groups -OCH3 is 1. The lowest BCUT2D eigenvalue weighted by atomic mass is 10.2. The average molecular weight is 486 g/mol. The second-order valence-corrected chi connectivity index (χ2v) is 9.63. The quantitative estimate of drug-likeness (QED) is 0.482. The molecule has 1 aliphatic heterocycles. The van der Waals surface area contributed by atoms with Crippen LogP contribution in [0.15, 0.2) is 63.0 Å². The third kappa shape index (κ3) is 3.98. The molecular formula is C23H23N3O7S. The fourth-order valence-corrected chi connectivity index (χ4v) is 5.36. The van der Waals surface area contributed by atoms with E-state index >= 15 is 0 Å². The number of hydrogen-bond acceptors (Lipinski definition) is 7. The summed E-state index contributed by atoms with van der Waals surface area (Å²) in [6.07, 6.45) is 0.593. The summed E-state index contributed by atoms with van der Waals surface area (Å²) in [4.78, 5) is 36.8. The van der Waals surface area contributed by atoms with Crippen LogP contribution in [0.2, 0.25) is 0 Å². The molecule has 0 amide bonds. The maximum atomic E-state index is 13.4. The largest absolute Gasteiger partial charge is 0.496 e. The van der Waals surface area contributed by atoms with E-state index < -0.39 is 27.2 Å². The summed E-state index contributed by atoms with van der Waals surface area (Å²) in [7, 11) is 0.201. The van der Waals surface area contributed by atoms with Crippen LogP contribution in [0.25, 0.3) is 0 Å². The van der Waals surface area contributed by atoms with E-state index in [0.717, 1.165) is 10.1 Å². The van der Waals surface area contributed by atoms with Crippen molar-refractivity contribution in [2.24, 2.45) is 14.1 Å². The molecule has 0 saturated carbocycles. The van der Waals surface area contributed by atoms with Crippen molar-refractivity contribution >= 4 is 21.7 Å². The van der Waals surface area contributed by atoms with Crippen LogP contribution in [0, 0.1) is 0 Å². The molecule has 0 unspecified atom stereocenters. The molecule has 0 radical (unpaired) electrons. The van der Waals surface area contributed by atoms with Crippen molar-refractivity contribution in [1.29, 1.82) is 0 Å². The number of carbonyl (C=O) groups is 1. The van der Waals surface area contributed by atoms with Crippen molar-refractivity contribution in [3.63, 3.8) is 0 Å². The Morgan fingerprint density at radius 1 is 1.03 bits per heavy atom. The van der Waals surface area contributed by atoms with Crippen LogP contribution in [-0.2, 0) is 41.9 Å². The van der Waals surface area contributed by atoms with Gasteiger partial charge in [-0.1, -0.05) is 18.2 Å². The smallest absolute Gasteiger partial charge is 0.342 e. The van der Waals surface area contributed by atoms with Gasteiger partial charge in [0, 0.05) is 26.7 Å². The molecule has 2 aromatic carbocycles. The van der Waals surface area contributed by atoms with Crippen molar-refractivity contribution in [2.45, 2.75) is 17.9 Å². The van der Waals surface area contributed by atoms with Gasteiger partial charge in [-0.05, 0) is 36.2 Å². The first kappa shape index (κ1) is 23.3. The molecule has 1 aromatic heterocycles. The lowest BCUT2D eigenvalue weighted by Crippen LogP contribution is -2.38. The van der Waals surface area contributed by atoms with Crippen LogP contribution in [0.3, 0.4) is 0 Å². The third-order valence-corrected chi connectivity index (χ3v) is 7.61. The topological polar surface area (TPSA) is 117 Å². The zero-order valence-corrected chi connectivity index (χ0v) is 19.7. The molecule has 11 heteroatoms. The van der Waals surface area contributed by atoms with Crippen molar-refractivity contribution in [1.82, 2.24) is 9.13 Å². The second-order valence-electron chi connectivity index (χ2n) is 7.77. The molecule has 1 aliphatic rings. The summed E-state index contributed by atoms with van der Waals surface area (Å²) in [6.45, 7) is -0.0647. The molecule has 0 N–H and O–H groups in total. The number of nitrogens with zero attached hydrogens (tertiary/aromatic N) is 3. The van der Waals surface area contributed by atoms with E-state index in [4.69, 9.17) is 9.47 Å². The maximum absolute atomic E-state index is 13.4. The van der Waals surface area contributed by atoms with Gasteiger partial charge in [-0.25, -0.2) is 18.0 Å². The summed E-state index contributed by atoms with van der Waals surface area (Å²) in [5.74, 6) is -0.729. The summed E-state index contributed by atoms with van der Waals surface area (Å²) in [5, 5.41) is 0. The van der Waals surface area contributed by atoms with Crippen molar-refractivity contribution in [2.75, 3.05) is 18.0 Å². The number of sulfonamides is 1. The fraction of sp³-hybridized carbons (Fsp3) is 0.261. The van der Waals surface area contributed by atoms with Gasteiger partial charge in [0.05, 0.1) is 23.4 Å². The van der Waals surface area contributed by atoms with Crippen LogP contribution < -0.4 is 20.3 Å². The number of ether oxygens (including phenoxy) is 2. The first-order valence-electron chi connectivity index (χ1n) is 10.4. The summed E-state index contributed by atoms with van der Waals surface area (Å²) in [6, 6.07) is 12.4. The highest BCUT2D eigenvalue weighted by molar-refractivity contribution is 7.92. The number of anilines is 1. The first-order chi connectivity index (χ1) is 16.1. The molecule has 0 saturated heterocycles. The van der Waals surface area contributed by atoms with Gasteiger partial charge in [-0.15, -0.1) is 0 Å². The molecule has 10 nitrogen and oxygen atoms in total. The number of benzene rings is 2. The summed E-state index contributed by atoms with van der Waals surface area (Å²) < 4.78 is 40.7. The second kappa shape index (κ2) is 8.82. The number of para-hydroxylation sites is 1. The molecule has 0 atom stereocenters.